The first-order valence-electron chi connectivity index (χ1n) is 4.67. The first kappa shape index (κ1) is 8.88. The largest absolute Gasteiger partial charge is 0.347 e. The van der Waals surface area contributed by atoms with Crippen LogP contribution < -0.4 is 0 Å². The van der Waals surface area contributed by atoms with E-state index in [-0.39, 0.29) is 0 Å². The summed E-state index contributed by atoms with van der Waals surface area (Å²) in [6.45, 7) is 6.32. The summed E-state index contributed by atoms with van der Waals surface area (Å²) in [6.07, 6.45) is 1.25. The van der Waals surface area contributed by atoms with Gasteiger partial charge in [0.15, 0.2) is 0 Å². The summed E-state index contributed by atoms with van der Waals surface area (Å²) < 4.78 is 0.755. The van der Waals surface area contributed by atoms with E-state index in [9.17, 15) is 0 Å². The molecular formula is C10H14N2S. The van der Waals surface area contributed by atoms with Crippen molar-refractivity contribution in [1.29, 1.82) is 0 Å². The molecule has 0 spiro atoms. The van der Waals surface area contributed by atoms with Gasteiger partial charge in [0, 0.05) is 17.2 Å². The maximum Gasteiger partial charge on any atom is 0.132 e. The van der Waals surface area contributed by atoms with Gasteiger partial charge in [-0.05, 0) is 26.2 Å². The van der Waals surface area contributed by atoms with Crippen LogP contribution in [0.25, 0.3) is 0 Å². The molecule has 2 atom stereocenters. The fraction of sp³-hybridized carbons (Fsp3) is 0.600. The fourth-order valence-corrected chi connectivity index (χ4v) is 1.80. The van der Waals surface area contributed by atoms with Crippen molar-refractivity contribution < 1.29 is 0 Å². The van der Waals surface area contributed by atoms with E-state index in [0.29, 0.717) is 5.92 Å². The SMILES string of the molecule is Cc1[nH]c(C2CC2C)nc(=S)c1C. The highest BCUT2D eigenvalue weighted by Gasteiger charge is 2.36. The van der Waals surface area contributed by atoms with E-state index < -0.39 is 0 Å². The van der Waals surface area contributed by atoms with Crippen molar-refractivity contribution in [3.05, 3.63) is 21.7 Å². The molecule has 1 saturated carbocycles. The molecule has 2 rings (SSSR count). The van der Waals surface area contributed by atoms with Gasteiger partial charge in [0.25, 0.3) is 0 Å². The van der Waals surface area contributed by atoms with Gasteiger partial charge in [-0.3, -0.25) is 0 Å². The van der Waals surface area contributed by atoms with E-state index in [2.05, 4.69) is 23.8 Å². The summed E-state index contributed by atoms with van der Waals surface area (Å²) in [4.78, 5) is 7.74. The van der Waals surface area contributed by atoms with Crippen LogP contribution in [0.15, 0.2) is 0 Å². The fourth-order valence-electron chi connectivity index (χ4n) is 1.55. The number of nitrogens with zero attached hydrogens (tertiary/aromatic N) is 1. The maximum atomic E-state index is 5.18. The number of rotatable bonds is 1. The Morgan fingerprint density at radius 3 is 2.54 bits per heavy atom. The third-order valence-corrected chi connectivity index (χ3v) is 3.28. The second-order valence-electron chi connectivity index (χ2n) is 4.00. The van der Waals surface area contributed by atoms with Gasteiger partial charge in [-0.2, -0.15) is 0 Å². The molecule has 0 bridgehead atoms. The quantitative estimate of drug-likeness (QED) is 0.696. The Balaban J connectivity index is 2.45. The number of nitrogens with one attached hydrogen (secondary N) is 1. The van der Waals surface area contributed by atoms with Gasteiger partial charge in [0.05, 0.1) is 0 Å². The molecule has 1 N–H and O–H groups in total. The molecule has 0 radical (unpaired) electrons. The molecule has 0 aliphatic heterocycles. The third kappa shape index (κ3) is 1.53. The van der Waals surface area contributed by atoms with Crippen LogP contribution in [0, 0.1) is 24.4 Å². The van der Waals surface area contributed by atoms with Gasteiger partial charge in [0.1, 0.15) is 10.5 Å². The summed E-state index contributed by atoms with van der Waals surface area (Å²) >= 11 is 5.18. The Hall–Kier alpha value is -0.700. The van der Waals surface area contributed by atoms with Crippen molar-refractivity contribution >= 4 is 12.2 Å². The van der Waals surface area contributed by atoms with Crippen molar-refractivity contribution in [2.45, 2.75) is 33.1 Å². The smallest absolute Gasteiger partial charge is 0.132 e. The van der Waals surface area contributed by atoms with Gasteiger partial charge in [0.2, 0.25) is 0 Å². The summed E-state index contributed by atoms with van der Waals surface area (Å²) in [5.41, 5.74) is 2.26. The van der Waals surface area contributed by atoms with Crippen molar-refractivity contribution in [2.24, 2.45) is 5.92 Å². The van der Waals surface area contributed by atoms with Crippen molar-refractivity contribution in [3.8, 4) is 0 Å². The van der Waals surface area contributed by atoms with Crippen LogP contribution in [0.3, 0.4) is 0 Å². The number of hydrogen-bond donors (Lipinski definition) is 1. The first-order chi connectivity index (χ1) is 6.09. The van der Waals surface area contributed by atoms with Crippen molar-refractivity contribution in [1.82, 2.24) is 9.97 Å². The lowest BCUT2D eigenvalue weighted by Gasteiger charge is -2.04. The zero-order valence-electron chi connectivity index (χ0n) is 8.22. The molecule has 0 saturated heterocycles. The highest BCUT2D eigenvalue weighted by Crippen LogP contribution is 2.45. The molecule has 1 fully saturated rings. The molecule has 2 unspecified atom stereocenters. The average molecular weight is 194 g/mol. The lowest BCUT2D eigenvalue weighted by Crippen LogP contribution is -1.99. The van der Waals surface area contributed by atoms with Crippen LogP contribution in [0.4, 0.5) is 0 Å². The summed E-state index contributed by atoms with van der Waals surface area (Å²) in [5, 5.41) is 0. The monoisotopic (exact) mass is 194 g/mol. The van der Waals surface area contributed by atoms with E-state index >= 15 is 0 Å². The molecule has 0 amide bonds. The zero-order valence-corrected chi connectivity index (χ0v) is 9.03. The lowest BCUT2D eigenvalue weighted by atomic mass is 10.2. The van der Waals surface area contributed by atoms with Gasteiger partial charge >= 0.3 is 0 Å². The van der Waals surface area contributed by atoms with Gasteiger partial charge < -0.3 is 4.98 Å². The van der Waals surface area contributed by atoms with Crippen molar-refractivity contribution in [2.75, 3.05) is 0 Å². The Kier molecular flexibility index (Phi) is 1.99. The number of aromatic nitrogens is 2. The predicted octanol–water partition coefficient (Wildman–Crippen LogP) is 2.88. The van der Waals surface area contributed by atoms with Crippen LogP contribution in [0.1, 0.15) is 36.3 Å². The minimum Gasteiger partial charge on any atom is -0.347 e. The van der Waals surface area contributed by atoms with E-state index in [1.807, 2.05) is 6.92 Å². The maximum absolute atomic E-state index is 5.18. The summed E-state index contributed by atoms with van der Waals surface area (Å²) in [5.74, 6) is 2.49. The second-order valence-corrected chi connectivity index (χ2v) is 4.38. The van der Waals surface area contributed by atoms with E-state index in [4.69, 9.17) is 12.2 Å². The normalized spacial score (nSPS) is 26.1. The Morgan fingerprint density at radius 2 is 2.08 bits per heavy atom. The molecule has 1 heterocycles. The van der Waals surface area contributed by atoms with Crippen molar-refractivity contribution in [3.63, 3.8) is 0 Å². The topological polar surface area (TPSA) is 28.7 Å². The second kappa shape index (κ2) is 2.91. The standard InChI is InChI=1S/C10H14N2S/c1-5-4-8(5)9-11-7(3)6(2)10(13)12-9/h5,8H,4H2,1-3H3,(H,11,12,13). The lowest BCUT2D eigenvalue weighted by molar-refractivity contribution is 0.823. The highest BCUT2D eigenvalue weighted by molar-refractivity contribution is 7.71. The summed E-state index contributed by atoms with van der Waals surface area (Å²) in [7, 11) is 0. The zero-order chi connectivity index (χ0) is 9.59. The Morgan fingerprint density at radius 1 is 1.46 bits per heavy atom. The average Bonchev–Trinajstić information content (AvgIpc) is 2.77. The molecule has 3 heteroatoms. The number of aromatic amines is 1. The molecule has 1 aliphatic rings. The van der Waals surface area contributed by atoms with Gasteiger partial charge in [-0.15, -0.1) is 0 Å². The van der Waals surface area contributed by atoms with Crippen LogP contribution in [-0.4, -0.2) is 9.97 Å². The van der Waals surface area contributed by atoms with Crippen LogP contribution >= 0.6 is 12.2 Å². The van der Waals surface area contributed by atoms with E-state index in [0.717, 1.165) is 27.6 Å². The minimum atomic E-state index is 0.626. The van der Waals surface area contributed by atoms with Crippen LogP contribution in [0.5, 0.6) is 0 Å². The Labute approximate surface area is 83.4 Å². The number of aryl methyl sites for hydroxylation is 1. The minimum absolute atomic E-state index is 0.626. The first-order valence-corrected chi connectivity index (χ1v) is 5.08. The van der Waals surface area contributed by atoms with E-state index in [1.165, 1.54) is 6.42 Å². The predicted molar refractivity (Wildman–Crippen MR) is 55.4 cm³/mol. The highest BCUT2D eigenvalue weighted by atomic mass is 32.1. The molecule has 1 aromatic heterocycles. The Bertz CT molecular complexity index is 394. The van der Waals surface area contributed by atoms with Crippen LogP contribution in [0.2, 0.25) is 0 Å². The molecule has 2 nitrogen and oxygen atoms in total. The molecule has 1 aliphatic carbocycles. The number of H-pyrrole nitrogens is 1. The number of hydrogen-bond acceptors (Lipinski definition) is 2. The summed E-state index contributed by atoms with van der Waals surface area (Å²) in [6, 6.07) is 0. The van der Waals surface area contributed by atoms with E-state index in [1.54, 1.807) is 0 Å². The molecule has 13 heavy (non-hydrogen) atoms. The molecule has 70 valence electrons. The molecule has 1 aromatic rings. The molecule has 0 aromatic carbocycles. The third-order valence-electron chi connectivity index (χ3n) is 2.88. The molecular weight excluding hydrogens is 180 g/mol. The van der Waals surface area contributed by atoms with Crippen LogP contribution in [-0.2, 0) is 0 Å². The van der Waals surface area contributed by atoms with Gasteiger partial charge in [-0.1, -0.05) is 19.1 Å². The van der Waals surface area contributed by atoms with Gasteiger partial charge in [-0.25, -0.2) is 4.98 Å².